The van der Waals surface area contributed by atoms with Crippen molar-refractivity contribution in [3.8, 4) is 0 Å². The van der Waals surface area contributed by atoms with Gasteiger partial charge < -0.3 is 14.2 Å². The third kappa shape index (κ3) is 53.7. The first-order valence-corrected chi connectivity index (χ1v) is 28.4. The standard InChI is InChI=1S/C61H106O6/c1-4-7-10-13-16-19-21-23-25-27-28-29-30-31-32-34-35-37-39-42-45-48-51-54-60(63)66-57-58(56-65-59(62)53-50-47-44-41-18-15-12-9-6-3)67-61(64)55-52-49-46-43-40-38-36-33-26-24-22-20-17-14-11-8-5-2/h7,10,16,19,23-26,28-29,31-32,58H,4-6,8-9,11-15,17-18,20-22,27,30,33-57H2,1-3H3/b10-7-,19-16-,25-23-,26-24-,29-28-,32-31-. The molecule has 0 fully saturated rings. The van der Waals surface area contributed by atoms with Crippen molar-refractivity contribution >= 4 is 17.9 Å². The number of hydrogen-bond donors (Lipinski definition) is 0. The summed E-state index contributed by atoms with van der Waals surface area (Å²) in [5.41, 5.74) is 0. The molecular formula is C61H106O6. The lowest BCUT2D eigenvalue weighted by molar-refractivity contribution is -0.167. The maximum absolute atomic E-state index is 12.8. The SMILES string of the molecule is CC/C=C\C/C=C\C/C=C\C/C=C\C/C=C\CCCCCCCCCC(=O)OCC(COC(=O)CCCCCCCCCCC)OC(=O)CCCCCCCCC/C=C\CCCCCCCC. The molecule has 0 saturated carbocycles. The first kappa shape index (κ1) is 63.8. The van der Waals surface area contributed by atoms with Crippen LogP contribution < -0.4 is 0 Å². The van der Waals surface area contributed by atoms with E-state index in [1.807, 2.05) is 0 Å². The molecule has 0 aliphatic heterocycles. The van der Waals surface area contributed by atoms with Crippen LogP contribution in [0, 0.1) is 0 Å². The van der Waals surface area contributed by atoms with Gasteiger partial charge in [-0.05, 0) is 89.9 Å². The zero-order valence-electron chi connectivity index (χ0n) is 44.2. The molecule has 1 unspecified atom stereocenters. The van der Waals surface area contributed by atoms with Crippen LogP contribution >= 0.6 is 0 Å². The Labute approximate surface area is 414 Å². The minimum absolute atomic E-state index is 0.0788. The van der Waals surface area contributed by atoms with Gasteiger partial charge in [0.1, 0.15) is 13.2 Å². The molecule has 67 heavy (non-hydrogen) atoms. The molecule has 1 atom stereocenters. The molecule has 0 bridgehead atoms. The van der Waals surface area contributed by atoms with Crippen LogP contribution in [0.5, 0.6) is 0 Å². The van der Waals surface area contributed by atoms with Gasteiger partial charge in [-0.1, -0.05) is 241 Å². The summed E-state index contributed by atoms with van der Waals surface area (Å²) in [5.74, 6) is -0.890. The van der Waals surface area contributed by atoms with Crippen molar-refractivity contribution in [2.24, 2.45) is 0 Å². The summed E-state index contributed by atoms with van der Waals surface area (Å²) in [6.07, 6.45) is 70.4. The van der Waals surface area contributed by atoms with E-state index in [0.717, 1.165) is 96.3 Å². The first-order valence-electron chi connectivity index (χ1n) is 28.4. The summed E-state index contributed by atoms with van der Waals surface area (Å²) in [7, 11) is 0. The Balaban J connectivity index is 4.29. The van der Waals surface area contributed by atoms with Crippen LogP contribution in [0.3, 0.4) is 0 Å². The molecule has 0 amide bonds. The Kier molecular flexibility index (Phi) is 52.8. The van der Waals surface area contributed by atoms with Crippen molar-refractivity contribution in [2.45, 2.75) is 284 Å². The fraction of sp³-hybridized carbons (Fsp3) is 0.754. The molecule has 0 heterocycles. The second-order valence-corrected chi connectivity index (χ2v) is 18.8. The maximum Gasteiger partial charge on any atom is 0.306 e. The lowest BCUT2D eigenvalue weighted by atomic mass is 10.1. The predicted molar refractivity (Wildman–Crippen MR) is 288 cm³/mol. The van der Waals surface area contributed by atoms with E-state index in [4.69, 9.17) is 14.2 Å². The Morgan fingerprint density at radius 2 is 0.582 bits per heavy atom. The fourth-order valence-electron chi connectivity index (χ4n) is 7.93. The molecule has 0 spiro atoms. The van der Waals surface area contributed by atoms with E-state index in [1.54, 1.807) is 0 Å². The highest BCUT2D eigenvalue weighted by atomic mass is 16.6. The number of ether oxygens (including phenoxy) is 3. The lowest BCUT2D eigenvalue weighted by Gasteiger charge is -2.18. The maximum atomic E-state index is 12.8. The third-order valence-electron chi connectivity index (χ3n) is 12.2. The quantitative estimate of drug-likeness (QED) is 0.0262. The summed E-state index contributed by atoms with van der Waals surface area (Å²) in [5, 5.41) is 0. The van der Waals surface area contributed by atoms with Crippen molar-refractivity contribution in [3.63, 3.8) is 0 Å². The third-order valence-corrected chi connectivity index (χ3v) is 12.2. The summed E-state index contributed by atoms with van der Waals surface area (Å²) >= 11 is 0. The molecule has 6 nitrogen and oxygen atoms in total. The highest BCUT2D eigenvalue weighted by Crippen LogP contribution is 2.15. The fourth-order valence-corrected chi connectivity index (χ4v) is 7.93. The number of carbonyl (C=O) groups excluding carboxylic acids is 3. The summed E-state index contributed by atoms with van der Waals surface area (Å²) in [6.45, 7) is 6.50. The van der Waals surface area contributed by atoms with Gasteiger partial charge >= 0.3 is 17.9 Å². The van der Waals surface area contributed by atoms with Crippen molar-refractivity contribution in [1.82, 2.24) is 0 Å². The van der Waals surface area contributed by atoms with E-state index in [0.29, 0.717) is 19.3 Å². The van der Waals surface area contributed by atoms with Crippen molar-refractivity contribution in [1.29, 1.82) is 0 Å². The second-order valence-electron chi connectivity index (χ2n) is 18.8. The lowest BCUT2D eigenvalue weighted by Crippen LogP contribution is -2.30. The van der Waals surface area contributed by atoms with Crippen LogP contribution in [0.1, 0.15) is 278 Å². The Bertz CT molecular complexity index is 1260. The summed E-state index contributed by atoms with van der Waals surface area (Å²) < 4.78 is 16.8. The van der Waals surface area contributed by atoms with Crippen LogP contribution in [-0.4, -0.2) is 37.2 Å². The number of hydrogen-bond acceptors (Lipinski definition) is 6. The van der Waals surface area contributed by atoms with Gasteiger partial charge in [0.2, 0.25) is 0 Å². The van der Waals surface area contributed by atoms with Gasteiger partial charge in [0.05, 0.1) is 0 Å². The molecule has 0 aromatic heterocycles. The Morgan fingerprint density at radius 1 is 0.313 bits per heavy atom. The number of allylic oxidation sites excluding steroid dienone is 12. The van der Waals surface area contributed by atoms with Crippen molar-refractivity contribution in [3.05, 3.63) is 72.9 Å². The van der Waals surface area contributed by atoms with Gasteiger partial charge in [0.15, 0.2) is 6.10 Å². The number of rotatable bonds is 51. The molecule has 0 saturated heterocycles. The van der Waals surface area contributed by atoms with Gasteiger partial charge in [-0.15, -0.1) is 0 Å². The van der Waals surface area contributed by atoms with Crippen LogP contribution in [0.4, 0.5) is 0 Å². The molecule has 0 radical (unpaired) electrons. The largest absolute Gasteiger partial charge is 0.462 e. The van der Waals surface area contributed by atoms with Crippen LogP contribution in [-0.2, 0) is 28.6 Å². The van der Waals surface area contributed by atoms with Gasteiger partial charge in [-0.3, -0.25) is 14.4 Å². The number of esters is 3. The van der Waals surface area contributed by atoms with E-state index >= 15 is 0 Å². The van der Waals surface area contributed by atoms with E-state index in [9.17, 15) is 14.4 Å². The number of carbonyl (C=O) groups is 3. The molecule has 0 N–H and O–H groups in total. The highest BCUT2D eigenvalue weighted by Gasteiger charge is 2.19. The predicted octanol–water partition coefficient (Wildman–Crippen LogP) is 19.0. The van der Waals surface area contributed by atoms with Gasteiger partial charge in [0, 0.05) is 19.3 Å². The molecule has 0 aliphatic rings. The zero-order chi connectivity index (χ0) is 48.6. The average Bonchev–Trinajstić information content (AvgIpc) is 3.33. The van der Waals surface area contributed by atoms with Crippen LogP contribution in [0.2, 0.25) is 0 Å². The van der Waals surface area contributed by atoms with Crippen LogP contribution in [0.15, 0.2) is 72.9 Å². The molecule has 0 aromatic carbocycles. The van der Waals surface area contributed by atoms with E-state index in [-0.39, 0.29) is 31.1 Å². The first-order chi connectivity index (χ1) is 33.0. The van der Waals surface area contributed by atoms with Crippen LogP contribution in [0.25, 0.3) is 0 Å². The molecule has 0 aliphatic carbocycles. The summed E-state index contributed by atoms with van der Waals surface area (Å²) in [4.78, 5) is 38.0. The molecule has 0 rings (SSSR count). The monoisotopic (exact) mass is 935 g/mol. The van der Waals surface area contributed by atoms with E-state index in [2.05, 4.69) is 93.7 Å². The molecular weight excluding hydrogens is 829 g/mol. The van der Waals surface area contributed by atoms with Gasteiger partial charge in [-0.25, -0.2) is 0 Å². The summed E-state index contributed by atoms with van der Waals surface area (Å²) in [6, 6.07) is 0. The highest BCUT2D eigenvalue weighted by molar-refractivity contribution is 5.71. The Morgan fingerprint density at radius 3 is 0.925 bits per heavy atom. The van der Waals surface area contributed by atoms with E-state index in [1.165, 1.54) is 141 Å². The minimum Gasteiger partial charge on any atom is -0.462 e. The smallest absolute Gasteiger partial charge is 0.306 e. The molecule has 386 valence electrons. The minimum atomic E-state index is -0.780. The Hall–Kier alpha value is -3.15. The molecule has 0 aromatic rings. The van der Waals surface area contributed by atoms with Gasteiger partial charge in [0.25, 0.3) is 0 Å². The number of unbranched alkanes of at least 4 members (excludes halogenated alkanes) is 28. The van der Waals surface area contributed by atoms with Gasteiger partial charge in [-0.2, -0.15) is 0 Å². The van der Waals surface area contributed by atoms with E-state index < -0.39 is 6.10 Å². The van der Waals surface area contributed by atoms with Crippen molar-refractivity contribution in [2.75, 3.05) is 13.2 Å². The zero-order valence-corrected chi connectivity index (χ0v) is 44.2. The normalized spacial score (nSPS) is 12.6. The molecule has 6 heteroatoms. The second kappa shape index (κ2) is 55.4. The average molecular weight is 936 g/mol. The topological polar surface area (TPSA) is 78.9 Å². The van der Waals surface area contributed by atoms with Crippen molar-refractivity contribution < 1.29 is 28.6 Å².